The summed E-state index contributed by atoms with van der Waals surface area (Å²) in [6.07, 6.45) is 4.86. The maximum Gasteiger partial charge on any atom is 0.133 e. The highest BCUT2D eigenvalue weighted by Crippen LogP contribution is 2.42. The van der Waals surface area contributed by atoms with E-state index in [9.17, 15) is 5.11 Å². The van der Waals surface area contributed by atoms with Crippen molar-refractivity contribution >= 4 is 21.6 Å². The summed E-state index contributed by atoms with van der Waals surface area (Å²) in [5.41, 5.74) is 7.48. The van der Waals surface area contributed by atoms with Crippen molar-refractivity contribution in [1.29, 1.82) is 0 Å². The quantitative estimate of drug-likeness (QED) is 0.597. The van der Waals surface area contributed by atoms with Gasteiger partial charge in [0.2, 0.25) is 0 Å². The van der Waals surface area contributed by atoms with Gasteiger partial charge in [0.1, 0.15) is 5.75 Å². The Morgan fingerprint density at radius 2 is 1.93 bits per heavy atom. The number of hydrogen-bond donors (Lipinski definition) is 2. The topological polar surface area (TPSA) is 46.2 Å². The van der Waals surface area contributed by atoms with Gasteiger partial charge in [0.25, 0.3) is 0 Å². The third-order valence-electron chi connectivity index (χ3n) is 2.91. The van der Waals surface area contributed by atoms with Gasteiger partial charge < -0.3 is 10.8 Å². The zero-order valence-corrected chi connectivity index (χ0v) is 9.55. The number of nitrogens with two attached hydrogens (primary N) is 1. The molecule has 0 radical (unpaired) electrons. The molecule has 0 bridgehead atoms. The predicted octanol–water partition coefficient (Wildman–Crippen LogP) is 3.39. The Morgan fingerprint density at radius 3 is 2.57 bits per heavy atom. The van der Waals surface area contributed by atoms with Gasteiger partial charge in [-0.3, -0.25) is 0 Å². The average molecular weight is 256 g/mol. The summed E-state index contributed by atoms with van der Waals surface area (Å²) in [7, 11) is 0. The summed E-state index contributed by atoms with van der Waals surface area (Å²) in [4.78, 5) is 0. The molecule has 1 fully saturated rings. The Balaban J connectivity index is 2.40. The monoisotopic (exact) mass is 255 g/mol. The first-order valence-corrected chi connectivity index (χ1v) is 5.75. The molecule has 0 spiro atoms. The lowest BCUT2D eigenvalue weighted by atomic mass is 9.96. The molecule has 1 aliphatic carbocycles. The molecule has 0 aromatic heterocycles. The van der Waals surface area contributed by atoms with E-state index < -0.39 is 0 Å². The van der Waals surface area contributed by atoms with Crippen LogP contribution in [0.3, 0.4) is 0 Å². The molecule has 0 heterocycles. The number of benzene rings is 1. The Bertz CT molecular complexity index is 345. The van der Waals surface area contributed by atoms with Gasteiger partial charge >= 0.3 is 0 Å². The highest BCUT2D eigenvalue weighted by Gasteiger charge is 2.21. The van der Waals surface area contributed by atoms with Gasteiger partial charge in [0.15, 0.2) is 0 Å². The van der Waals surface area contributed by atoms with E-state index >= 15 is 0 Å². The van der Waals surface area contributed by atoms with Crippen LogP contribution >= 0.6 is 15.9 Å². The fourth-order valence-electron chi connectivity index (χ4n) is 2.19. The highest BCUT2D eigenvalue weighted by atomic mass is 79.9. The van der Waals surface area contributed by atoms with Crippen molar-refractivity contribution in [3.05, 3.63) is 22.2 Å². The molecule has 1 aromatic carbocycles. The van der Waals surface area contributed by atoms with Crippen LogP contribution in [0, 0.1) is 0 Å². The first-order valence-electron chi connectivity index (χ1n) is 4.96. The minimum Gasteiger partial charge on any atom is -0.506 e. The summed E-state index contributed by atoms with van der Waals surface area (Å²) in [6.45, 7) is 0. The number of phenols is 1. The van der Waals surface area contributed by atoms with Crippen molar-refractivity contribution in [3.8, 4) is 5.75 Å². The molecular formula is C11H14BrNO. The molecule has 1 aromatic rings. The van der Waals surface area contributed by atoms with Crippen LogP contribution in [0.5, 0.6) is 5.75 Å². The van der Waals surface area contributed by atoms with Crippen molar-refractivity contribution in [1.82, 2.24) is 0 Å². The molecule has 3 heteroatoms. The second kappa shape index (κ2) is 3.81. The fourth-order valence-corrected chi connectivity index (χ4v) is 2.68. The maximum absolute atomic E-state index is 9.88. The maximum atomic E-state index is 9.88. The van der Waals surface area contributed by atoms with Crippen LogP contribution in [0.25, 0.3) is 0 Å². The minimum absolute atomic E-state index is 0.367. The second-order valence-corrected chi connectivity index (χ2v) is 4.78. The molecule has 1 aliphatic rings. The Kier molecular flexibility index (Phi) is 2.68. The SMILES string of the molecule is Nc1cc(Br)c(O)c(C2CCCC2)c1. The Labute approximate surface area is 92.3 Å². The highest BCUT2D eigenvalue weighted by molar-refractivity contribution is 9.10. The first-order chi connectivity index (χ1) is 6.68. The smallest absolute Gasteiger partial charge is 0.133 e. The van der Waals surface area contributed by atoms with E-state index in [-0.39, 0.29) is 0 Å². The van der Waals surface area contributed by atoms with E-state index in [2.05, 4.69) is 15.9 Å². The van der Waals surface area contributed by atoms with Gasteiger partial charge in [-0.25, -0.2) is 0 Å². The lowest BCUT2D eigenvalue weighted by Gasteiger charge is -2.13. The van der Waals surface area contributed by atoms with E-state index in [0.29, 0.717) is 16.1 Å². The van der Waals surface area contributed by atoms with Crippen molar-refractivity contribution in [2.45, 2.75) is 31.6 Å². The first kappa shape index (κ1) is 9.84. The zero-order chi connectivity index (χ0) is 10.1. The molecule has 2 rings (SSSR count). The molecular weight excluding hydrogens is 242 g/mol. The number of halogens is 1. The lowest BCUT2D eigenvalue weighted by molar-refractivity contribution is 0.458. The Hall–Kier alpha value is -0.700. The van der Waals surface area contributed by atoms with Crippen LogP contribution in [-0.2, 0) is 0 Å². The second-order valence-electron chi connectivity index (χ2n) is 3.92. The molecule has 2 nitrogen and oxygen atoms in total. The molecule has 3 N–H and O–H groups in total. The molecule has 14 heavy (non-hydrogen) atoms. The van der Waals surface area contributed by atoms with E-state index in [1.807, 2.05) is 6.07 Å². The van der Waals surface area contributed by atoms with E-state index in [1.54, 1.807) is 6.07 Å². The van der Waals surface area contributed by atoms with E-state index in [0.717, 1.165) is 11.3 Å². The number of hydrogen-bond acceptors (Lipinski definition) is 2. The van der Waals surface area contributed by atoms with Crippen LogP contribution < -0.4 is 5.73 Å². The molecule has 0 saturated heterocycles. The van der Waals surface area contributed by atoms with E-state index in [1.165, 1.54) is 25.7 Å². The number of rotatable bonds is 1. The largest absolute Gasteiger partial charge is 0.506 e. The molecule has 76 valence electrons. The van der Waals surface area contributed by atoms with Crippen LogP contribution in [0.1, 0.15) is 37.2 Å². The molecule has 0 atom stereocenters. The molecule has 0 aliphatic heterocycles. The summed E-state index contributed by atoms with van der Waals surface area (Å²) in [5, 5.41) is 9.88. The number of anilines is 1. The van der Waals surface area contributed by atoms with Gasteiger partial charge in [-0.1, -0.05) is 12.8 Å². The molecule has 0 unspecified atom stereocenters. The molecule has 0 amide bonds. The summed E-state index contributed by atoms with van der Waals surface area (Å²) < 4.78 is 0.708. The van der Waals surface area contributed by atoms with Gasteiger partial charge in [0.05, 0.1) is 4.47 Å². The van der Waals surface area contributed by atoms with Gasteiger partial charge in [-0.05, 0) is 46.8 Å². The summed E-state index contributed by atoms with van der Waals surface area (Å²) >= 11 is 3.31. The summed E-state index contributed by atoms with van der Waals surface area (Å²) in [5.74, 6) is 0.862. The van der Waals surface area contributed by atoms with Crippen LogP contribution in [0.4, 0.5) is 5.69 Å². The Morgan fingerprint density at radius 1 is 1.29 bits per heavy atom. The fraction of sp³-hybridized carbons (Fsp3) is 0.455. The lowest BCUT2D eigenvalue weighted by Crippen LogP contribution is -1.96. The number of nitrogen functional groups attached to an aromatic ring is 1. The van der Waals surface area contributed by atoms with Crippen molar-refractivity contribution in [3.63, 3.8) is 0 Å². The van der Waals surface area contributed by atoms with Gasteiger partial charge in [-0.15, -0.1) is 0 Å². The van der Waals surface area contributed by atoms with E-state index in [4.69, 9.17) is 5.73 Å². The zero-order valence-electron chi connectivity index (χ0n) is 7.96. The van der Waals surface area contributed by atoms with Crippen LogP contribution in [0.2, 0.25) is 0 Å². The predicted molar refractivity (Wildman–Crippen MR) is 61.4 cm³/mol. The van der Waals surface area contributed by atoms with Crippen molar-refractivity contribution < 1.29 is 5.11 Å². The molecule has 1 saturated carbocycles. The number of aromatic hydroxyl groups is 1. The van der Waals surface area contributed by atoms with Gasteiger partial charge in [-0.2, -0.15) is 0 Å². The van der Waals surface area contributed by atoms with Crippen LogP contribution in [-0.4, -0.2) is 5.11 Å². The summed E-state index contributed by atoms with van der Waals surface area (Å²) in [6, 6.07) is 3.64. The number of phenolic OH excluding ortho intramolecular Hbond substituents is 1. The normalized spacial score (nSPS) is 17.5. The third kappa shape index (κ3) is 1.73. The van der Waals surface area contributed by atoms with Crippen molar-refractivity contribution in [2.75, 3.05) is 5.73 Å². The van der Waals surface area contributed by atoms with Crippen molar-refractivity contribution in [2.24, 2.45) is 0 Å². The standard InChI is InChI=1S/C11H14BrNO/c12-10-6-8(13)5-9(11(10)14)7-3-1-2-4-7/h5-7,14H,1-4,13H2. The average Bonchev–Trinajstić information content (AvgIpc) is 2.63. The third-order valence-corrected chi connectivity index (χ3v) is 3.51. The van der Waals surface area contributed by atoms with Crippen LogP contribution in [0.15, 0.2) is 16.6 Å². The van der Waals surface area contributed by atoms with Gasteiger partial charge in [0, 0.05) is 11.3 Å². The minimum atomic E-state index is 0.367.